The minimum atomic E-state index is -3.02. The second kappa shape index (κ2) is 7.81. The van der Waals surface area contributed by atoms with Gasteiger partial charge in [0.15, 0.2) is 5.85 Å². The van der Waals surface area contributed by atoms with E-state index in [-0.39, 0.29) is 6.04 Å². The van der Waals surface area contributed by atoms with E-state index in [1.807, 2.05) is 34.6 Å². The number of carbonyl (C=O) groups excluding carboxylic acids is 1. The molecule has 1 amide bonds. The summed E-state index contributed by atoms with van der Waals surface area (Å²) < 4.78 is 30.2. The van der Waals surface area contributed by atoms with E-state index >= 15 is 0 Å². The number of ether oxygens (including phenoxy) is 2. The molecule has 0 aromatic rings. The smallest absolute Gasteiger partial charge is 0.412 e. The molecule has 1 saturated heterocycles. The second-order valence-corrected chi connectivity index (χ2v) is 11.9. The highest BCUT2D eigenvalue weighted by Gasteiger charge is 2.56. The van der Waals surface area contributed by atoms with Crippen molar-refractivity contribution in [3.63, 3.8) is 0 Å². The molecule has 1 heterocycles. The highest BCUT2D eigenvalue weighted by atomic mass is 31.2. The summed E-state index contributed by atoms with van der Waals surface area (Å²) >= 11 is 0. The topological polar surface area (TPSA) is 65.1 Å². The van der Waals surface area contributed by atoms with Crippen LogP contribution < -0.4 is 0 Å². The fraction of sp³-hybridized carbons (Fsp3) is 0.947. The van der Waals surface area contributed by atoms with E-state index in [1.54, 1.807) is 11.6 Å². The predicted octanol–water partition coefficient (Wildman–Crippen LogP) is 5.21. The van der Waals surface area contributed by atoms with Crippen molar-refractivity contribution in [3.8, 4) is 0 Å². The number of carbonyl (C=O) groups is 1. The zero-order chi connectivity index (χ0) is 19.8. The molecule has 0 aromatic carbocycles. The van der Waals surface area contributed by atoms with E-state index in [1.165, 1.54) is 26.4 Å². The van der Waals surface area contributed by atoms with E-state index < -0.39 is 30.6 Å². The minimum absolute atomic E-state index is 0.307. The molecule has 0 spiro atoms. The third-order valence-electron chi connectivity index (χ3n) is 5.36. The van der Waals surface area contributed by atoms with E-state index in [4.69, 9.17) is 14.0 Å². The van der Waals surface area contributed by atoms with Crippen molar-refractivity contribution in [2.75, 3.05) is 13.8 Å². The van der Waals surface area contributed by atoms with E-state index in [9.17, 15) is 9.36 Å². The van der Waals surface area contributed by atoms with Gasteiger partial charge in [-0.15, -0.1) is 0 Å². The van der Waals surface area contributed by atoms with Gasteiger partial charge in [0.2, 0.25) is 7.37 Å². The van der Waals surface area contributed by atoms with Gasteiger partial charge >= 0.3 is 6.09 Å². The molecule has 6 nitrogen and oxygen atoms in total. The summed E-state index contributed by atoms with van der Waals surface area (Å²) in [6.07, 6.45) is 6.35. The van der Waals surface area contributed by atoms with Gasteiger partial charge in [0.05, 0.1) is 6.04 Å². The van der Waals surface area contributed by atoms with Crippen LogP contribution >= 0.6 is 7.37 Å². The molecule has 0 aromatic heterocycles. The summed E-state index contributed by atoms with van der Waals surface area (Å²) in [7, 11) is -1.58. The van der Waals surface area contributed by atoms with Crippen LogP contribution in [0.25, 0.3) is 0 Å². The Morgan fingerprint density at radius 1 is 1.23 bits per heavy atom. The molecule has 1 saturated carbocycles. The Balaban J connectivity index is 2.33. The highest BCUT2D eigenvalue weighted by Crippen LogP contribution is 2.56. The maximum Gasteiger partial charge on any atom is 0.412 e. The van der Waals surface area contributed by atoms with E-state index in [2.05, 4.69) is 0 Å². The normalized spacial score (nSPS) is 29.4. The summed E-state index contributed by atoms with van der Waals surface area (Å²) in [6, 6.07) is -0.307. The lowest BCUT2D eigenvalue weighted by molar-refractivity contribution is -0.0693. The van der Waals surface area contributed by atoms with Gasteiger partial charge in [-0.25, -0.2) is 4.79 Å². The average Bonchev–Trinajstić information content (AvgIpc) is 2.78. The number of rotatable bonds is 4. The molecular weight excluding hydrogens is 353 g/mol. The average molecular weight is 389 g/mol. The Bertz CT molecular complexity index is 551. The Labute approximate surface area is 158 Å². The van der Waals surface area contributed by atoms with Crippen molar-refractivity contribution in [2.24, 2.45) is 5.92 Å². The molecule has 1 aliphatic carbocycles. The zero-order valence-corrected chi connectivity index (χ0v) is 18.3. The quantitative estimate of drug-likeness (QED) is 0.618. The van der Waals surface area contributed by atoms with Crippen molar-refractivity contribution in [1.29, 1.82) is 0 Å². The summed E-state index contributed by atoms with van der Waals surface area (Å²) in [5.41, 5.74) is -1.49. The van der Waals surface area contributed by atoms with Gasteiger partial charge in [-0.3, -0.25) is 9.46 Å². The first-order chi connectivity index (χ1) is 11.9. The molecule has 0 radical (unpaired) electrons. The lowest BCUT2D eigenvalue weighted by Crippen LogP contribution is -2.50. The SMILES string of the molecule is COP(C)(=O)C1OC(C)(C)N(C(=O)OC(C)(C)C)C1CC1CCCCC1. The first kappa shape index (κ1) is 21.7. The Morgan fingerprint density at radius 2 is 1.81 bits per heavy atom. The second-order valence-electron chi connectivity index (χ2n) is 9.20. The van der Waals surface area contributed by atoms with Crippen LogP contribution in [0.5, 0.6) is 0 Å². The molecular formula is C19H36NO5P. The molecule has 2 fully saturated rings. The van der Waals surface area contributed by atoms with Gasteiger partial charge in [0.25, 0.3) is 0 Å². The van der Waals surface area contributed by atoms with Crippen LogP contribution in [-0.4, -0.2) is 48.0 Å². The molecule has 0 bridgehead atoms. The van der Waals surface area contributed by atoms with Gasteiger partial charge in [0.1, 0.15) is 11.3 Å². The lowest BCUT2D eigenvalue weighted by atomic mass is 9.84. The maximum absolute atomic E-state index is 13.1. The summed E-state index contributed by atoms with van der Waals surface area (Å²) in [5, 5.41) is 0. The van der Waals surface area contributed by atoms with Crippen molar-refractivity contribution >= 4 is 13.5 Å². The van der Waals surface area contributed by atoms with Crippen molar-refractivity contribution < 1.29 is 23.4 Å². The number of nitrogens with zero attached hydrogens (tertiary/aromatic N) is 1. The van der Waals surface area contributed by atoms with Crippen molar-refractivity contribution in [3.05, 3.63) is 0 Å². The van der Waals surface area contributed by atoms with Gasteiger partial charge in [0, 0.05) is 13.8 Å². The molecule has 2 aliphatic rings. The van der Waals surface area contributed by atoms with Crippen molar-refractivity contribution in [2.45, 2.75) is 96.4 Å². The molecule has 0 N–H and O–H groups in total. The fourth-order valence-electron chi connectivity index (χ4n) is 4.12. The maximum atomic E-state index is 13.1. The fourth-order valence-corrected chi connectivity index (χ4v) is 5.66. The molecule has 3 atom stereocenters. The lowest BCUT2D eigenvalue weighted by Gasteiger charge is -2.37. The number of hydrogen-bond acceptors (Lipinski definition) is 5. The monoisotopic (exact) mass is 389 g/mol. The zero-order valence-electron chi connectivity index (χ0n) is 17.4. The van der Waals surface area contributed by atoms with Crippen molar-refractivity contribution in [1.82, 2.24) is 4.90 Å². The molecule has 152 valence electrons. The molecule has 3 unspecified atom stereocenters. The van der Waals surface area contributed by atoms with Crippen LogP contribution in [0.2, 0.25) is 0 Å². The third kappa shape index (κ3) is 5.02. The Kier molecular flexibility index (Phi) is 6.52. The van der Waals surface area contributed by atoms with Gasteiger partial charge < -0.3 is 14.0 Å². The first-order valence-electron chi connectivity index (χ1n) is 9.70. The van der Waals surface area contributed by atoms with Crippen LogP contribution in [0.3, 0.4) is 0 Å². The van der Waals surface area contributed by atoms with Gasteiger partial charge in [-0.2, -0.15) is 0 Å². The van der Waals surface area contributed by atoms with Crippen LogP contribution in [-0.2, 0) is 18.6 Å². The van der Waals surface area contributed by atoms with Crippen LogP contribution in [0.1, 0.15) is 73.1 Å². The standard InChI is InChI=1S/C19H36NO5P/c1-18(2,3)25-17(21)20-15(13-14-11-9-8-10-12-14)16(24-19(20,4)5)26(7,22)23-6/h14-16H,8-13H2,1-7H3. The number of amides is 1. The molecule has 1 aliphatic heterocycles. The minimum Gasteiger partial charge on any atom is -0.444 e. The van der Waals surface area contributed by atoms with Crippen LogP contribution in [0.4, 0.5) is 4.79 Å². The van der Waals surface area contributed by atoms with Crippen LogP contribution in [0.15, 0.2) is 0 Å². The largest absolute Gasteiger partial charge is 0.444 e. The summed E-state index contributed by atoms with van der Waals surface area (Å²) in [5.74, 6) is -0.118. The summed E-state index contributed by atoms with van der Waals surface area (Å²) in [6.45, 7) is 10.8. The third-order valence-corrected chi connectivity index (χ3v) is 7.46. The predicted molar refractivity (Wildman–Crippen MR) is 103 cm³/mol. The first-order valence-corrected chi connectivity index (χ1v) is 11.8. The Hall–Kier alpha value is -0.580. The highest BCUT2D eigenvalue weighted by molar-refractivity contribution is 7.58. The molecule has 7 heteroatoms. The van der Waals surface area contributed by atoms with E-state index in [0.717, 1.165) is 19.3 Å². The van der Waals surface area contributed by atoms with Crippen LogP contribution in [0, 0.1) is 5.92 Å². The van der Waals surface area contributed by atoms with Gasteiger partial charge in [-0.05, 0) is 47.0 Å². The Morgan fingerprint density at radius 3 is 2.31 bits per heavy atom. The van der Waals surface area contributed by atoms with E-state index in [0.29, 0.717) is 5.92 Å². The van der Waals surface area contributed by atoms with Gasteiger partial charge in [-0.1, -0.05) is 32.1 Å². The number of hydrogen-bond donors (Lipinski definition) is 0. The summed E-state index contributed by atoms with van der Waals surface area (Å²) in [4.78, 5) is 14.6. The molecule has 26 heavy (non-hydrogen) atoms. The molecule has 2 rings (SSSR count).